The molecule has 4 N–H and O–H groups in total. The summed E-state index contributed by atoms with van der Waals surface area (Å²) in [6, 6.07) is 5.97. The lowest BCUT2D eigenvalue weighted by Crippen LogP contribution is -2.37. The van der Waals surface area contributed by atoms with Gasteiger partial charge in [0.25, 0.3) is 0 Å². The quantitative estimate of drug-likeness (QED) is 0.260. The second kappa shape index (κ2) is 9.81. The number of morpholine rings is 1. The van der Waals surface area contributed by atoms with Gasteiger partial charge >= 0.3 is 6.01 Å². The average Bonchev–Trinajstić information content (AvgIpc) is 2.71. The van der Waals surface area contributed by atoms with Crippen LogP contribution in [-0.4, -0.2) is 67.7 Å². The van der Waals surface area contributed by atoms with Gasteiger partial charge in [-0.15, -0.1) is 0 Å². The van der Waals surface area contributed by atoms with Crippen molar-refractivity contribution in [3.8, 4) is 6.01 Å². The van der Waals surface area contributed by atoms with E-state index in [-0.39, 0.29) is 6.01 Å². The number of nitrogen functional groups attached to an aromatic ring is 1. The van der Waals surface area contributed by atoms with Gasteiger partial charge in [-0.05, 0) is 31.7 Å². The van der Waals surface area contributed by atoms with Crippen LogP contribution in [0.2, 0.25) is 0 Å². The molecular weight excluding hydrogens is 360 g/mol. The van der Waals surface area contributed by atoms with Gasteiger partial charge in [-0.1, -0.05) is 6.07 Å². The zero-order valence-corrected chi connectivity index (χ0v) is 16.2. The van der Waals surface area contributed by atoms with Crippen molar-refractivity contribution in [3.05, 3.63) is 29.6 Å². The molecule has 10 nitrogen and oxygen atoms in total. The van der Waals surface area contributed by atoms with Gasteiger partial charge < -0.3 is 25.4 Å². The molecular formula is C18H26N8O2. The van der Waals surface area contributed by atoms with Gasteiger partial charge in [0.05, 0.1) is 30.8 Å². The number of hydrazone groups is 1. The van der Waals surface area contributed by atoms with Crippen LogP contribution in [0.15, 0.2) is 23.3 Å². The second-order valence-corrected chi connectivity index (χ2v) is 6.29. The Bertz CT molecular complexity index is 808. The first kappa shape index (κ1) is 19.8. The van der Waals surface area contributed by atoms with E-state index in [2.05, 4.69) is 30.8 Å². The molecule has 0 radical (unpaired) electrons. The number of nitrogens with two attached hydrogens (primary N) is 1. The number of hydrogen-bond donors (Lipinski definition) is 3. The highest BCUT2D eigenvalue weighted by molar-refractivity contribution is 5.77. The van der Waals surface area contributed by atoms with Crippen molar-refractivity contribution in [2.75, 3.05) is 62.6 Å². The zero-order chi connectivity index (χ0) is 19.8. The van der Waals surface area contributed by atoms with Crippen molar-refractivity contribution in [2.24, 2.45) is 5.10 Å². The largest absolute Gasteiger partial charge is 0.462 e. The van der Waals surface area contributed by atoms with E-state index in [1.165, 1.54) is 6.21 Å². The third kappa shape index (κ3) is 5.51. The van der Waals surface area contributed by atoms with E-state index in [9.17, 15) is 0 Å². The van der Waals surface area contributed by atoms with Crippen LogP contribution in [0.4, 0.5) is 17.3 Å². The van der Waals surface area contributed by atoms with Crippen LogP contribution in [0.5, 0.6) is 6.01 Å². The first-order valence-corrected chi connectivity index (χ1v) is 9.17. The van der Waals surface area contributed by atoms with E-state index >= 15 is 0 Å². The maximum atomic E-state index is 5.96. The van der Waals surface area contributed by atoms with Crippen molar-refractivity contribution < 1.29 is 9.47 Å². The van der Waals surface area contributed by atoms with Crippen molar-refractivity contribution >= 4 is 23.5 Å². The SMILES string of the molecule is CNCCOc1nc(C=NNc2cc(C)ccc2N)nc(N2CCOCC2)n1. The summed E-state index contributed by atoms with van der Waals surface area (Å²) in [7, 11) is 1.86. The predicted octanol–water partition coefficient (Wildman–Crippen LogP) is 0.643. The van der Waals surface area contributed by atoms with Gasteiger partial charge in [0.1, 0.15) is 6.61 Å². The van der Waals surface area contributed by atoms with Crippen LogP contribution in [0.25, 0.3) is 0 Å². The van der Waals surface area contributed by atoms with Crippen LogP contribution in [0.3, 0.4) is 0 Å². The van der Waals surface area contributed by atoms with Gasteiger partial charge in [0.15, 0.2) is 5.82 Å². The Labute approximate surface area is 164 Å². The topological polar surface area (TPSA) is 123 Å². The summed E-state index contributed by atoms with van der Waals surface area (Å²) < 4.78 is 11.0. The lowest BCUT2D eigenvalue weighted by molar-refractivity contribution is 0.122. The molecule has 1 aromatic heterocycles. The Balaban J connectivity index is 1.77. The molecule has 1 aliphatic heterocycles. The van der Waals surface area contributed by atoms with Crippen molar-refractivity contribution in [1.82, 2.24) is 20.3 Å². The minimum absolute atomic E-state index is 0.267. The summed E-state index contributed by atoms with van der Waals surface area (Å²) in [5.41, 5.74) is 11.3. The van der Waals surface area contributed by atoms with Crippen LogP contribution in [0.1, 0.15) is 11.4 Å². The smallest absolute Gasteiger partial charge is 0.321 e. The Morgan fingerprint density at radius 1 is 1.29 bits per heavy atom. The number of aryl methyl sites for hydroxylation is 1. The number of benzene rings is 1. The van der Waals surface area contributed by atoms with Gasteiger partial charge in [-0.2, -0.15) is 20.1 Å². The summed E-state index contributed by atoms with van der Waals surface area (Å²) in [6.45, 7) is 5.85. The third-order valence-corrected chi connectivity index (χ3v) is 4.07. The van der Waals surface area contributed by atoms with Crippen LogP contribution >= 0.6 is 0 Å². The minimum Gasteiger partial charge on any atom is -0.462 e. The van der Waals surface area contributed by atoms with Gasteiger partial charge in [-0.25, -0.2) is 0 Å². The maximum Gasteiger partial charge on any atom is 0.321 e. The van der Waals surface area contributed by atoms with E-state index < -0.39 is 0 Å². The lowest BCUT2D eigenvalue weighted by atomic mass is 10.2. The lowest BCUT2D eigenvalue weighted by Gasteiger charge is -2.26. The predicted molar refractivity (Wildman–Crippen MR) is 109 cm³/mol. The molecule has 2 heterocycles. The summed E-state index contributed by atoms with van der Waals surface area (Å²) in [4.78, 5) is 15.3. The van der Waals surface area contributed by atoms with Crippen LogP contribution in [0, 0.1) is 6.92 Å². The van der Waals surface area contributed by atoms with E-state index in [0.29, 0.717) is 56.9 Å². The monoisotopic (exact) mass is 386 g/mol. The highest BCUT2D eigenvalue weighted by Gasteiger charge is 2.16. The number of hydrogen-bond acceptors (Lipinski definition) is 10. The Hall–Kier alpha value is -2.98. The van der Waals surface area contributed by atoms with Crippen LogP contribution in [-0.2, 0) is 4.74 Å². The highest BCUT2D eigenvalue weighted by atomic mass is 16.5. The van der Waals surface area contributed by atoms with Gasteiger partial charge in [0, 0.05) is 19.6 Å². The molecule has 0 aliphatic carbocycles. The number of aromatic nitrogens is 3. The first-order valence-electron chi connectivity index (χ1n) is 9.17. The highest BCUT2D eigenvalue weighted by Crippen LogP contribution is 2.19. The summed E-state index contributed by atoms with van der Waals surface area (Å²) in [5.74, 6) is 0.948. The first-order chi connectivity index (χ1) is 13.7. The maximum absolute atomic E-state index is 5.96. The molecule has 1 aromatic carbocycles. The van der Waals surface area contributed by atoms with E-state index in [4.69, 9.17) is 15.2 Å². The molecule has 2 aromatic rings. The molecule has 0 bridgehead atoms. The van der Waals surface area contributed by atoms with Crippen molar-refractivity contribution in [1.29, 1.82) is 0 Å². The molecule has 150 valence electrons. The summed E-state index contributed by atoms with van der Waals surface area (Å²) >= 11 is 0. The normalized spacial score (nSPS) is 14.4. The van der Waals surface area contributed by atoms with E-state index in [0.717, 1.165) is 11.3 Å². The molecule has 0 unspecified atom stereocenters. The average molecular weight is 386 g/mol. The molecule has 0 atom stereocenters. The number of nitrogens with one attached hydrogen (secondary N) is 2. The minimum atomic E-state index is 0.267. The Kier molecular flexibility index (Phi) is 6.93. The molecule has 1 saturated heterocycles. The van der Waals surface area contributed by atoms with E-state index in [1.54, 1.807) is 0 Å². The second-order valence-electron chi connectivity index (χ2n) is 6.29. The number of ether oxygens (including phenoxy) is 2. The fourth-order valence-corrected chi connectivity index (χ4v) is 2.56. The van der Waals surface area contributed by atoms with Crippen molar-refractivity contribution in [2.45, 2.75) is 6.92 Å². The number of likely N-dealkylation sites (N-methyl/N-ethyl adjacent to an activating group) is 1. The number of nitrogens with zero attached hydrogens (tertiary/aromatic N) is 5. The molecule has 3 rings (SSSR count). The number of rotatable bonds is 8. The van der Waals surface area contributed by atoms with E-state index in [1.807, 2.05) is 37.1 Å². The number of anilines is 3. The Morgan fingerprint density at radius 2 is 2.11 bits per heavy atom. The molecule has 1 aliphatic rings. The molecule has 1 fully saturated rings. The van der Waals surface area contributed by atoms with Gasteiger partial charge in [-0.3, -0.25) is 5.43 Å². The molecule has 28 heavy (non-hydrogen) atoms. The van der Waals surface area contributed by atoms with Gasteiger partial charge in [0.2, 0.25) is 5.95 Å². The third-order valence-electron chi connectivity index (χ3n) is 4.07. The summed E-state index contributed by atoms with van der Waals surface area (Å²) in [5, 5.41) is 7.24. The fraction of sp³-hybridized carbons (Fsp3) is 0.444. The molecule has 10 heteroatoms. The molecule has 0 amide bonds. The fourth-order valence-electron chi connectivity index (χ4n) is 2.56. The standard InChI is InChI=1S/C18H26N8O2/c1-13-3-4-14(19)15(11-13)25-21-12-16-22-17(26-6-9-27-10-7-26)24-18(23-16)28-8-5-20-2/h3-4,11-12,20,25H,5-10,19H2,1-2H3. The van der Waals surface area contributed by atoms with Crippen molar-refractivity contribution in [3.63, 3.8) is 0 Å². The zero-order valence-electron chi connectivity index (χ0n) is 16.2. The summed E-state index contributed by atoms with van der Waals surface area (Å²) in [6.07, 6.45) is 1.53. The molecule has 0 spiro atoms. The Morgan fingerprint density at radius 3 is 2.89 bits per heavy atom. The van der Waals surface area contributed by atoms with Crippen LogP contribution < -0.4 is 26.1 Å². The molecule has 0 saturated carbocycles.